The number of H-pyrrole nitrogens is 1. The molecule has 3 rings (SSSR count). The van der Waals surface area contributed by atoms with E-state index in [1.54, 1.807) is 11.8 Å². The Kier molecular flexibility index (Phi) is 3.06. The smallest absolute Gasteiger partial charge is 0.235 e. The van der Waals surface area contributed by atoms with E-state index in [1.807, 2.05) is 6.92 Å². The summed E-state index contributed by atoms with van der Waals surface area (Å²) in [5.74, 6) is 1.12. The lowest BCUT2D eigenvalue weighted by atomic mass is 10.0. The Morgan fingerprint density at radius 2 is 2.00 bits per heavy atom. The number of thioether (sulfide) groups is 1. The molecular formula is C14H15N3OS. The van der Waals surface area contributed by atoms with Crippen LogP contribution in [0.5, 0.6) is 0 Å². The van der Waals surface area contributed by atoms with E-state index in [9.17, 15) is 4.79 Å². The zero-order valence-corrected chi connectivity index (χ0v) is 11.7. The third-order valence-electron chi connectivity index (χ3n) is 3.28. The van der Waals surface area contributed by atoms with Crippen LogP contribution in [-0.4, -0.2) is 21.9 Å². The van der Waals surface area contributed by atoms with Crippen LogP contribution in [0, 0.1) is 13.8 Å². The fourth-order valence-electron chi connectivity index (χ4n) is 2.27. The molecular weight excluding hydrogens is 258 g/mol. The van der Waals surface area contributed by atoms with E-state index in [-0.39, 0.29) is 11.2 Å². The number of anilines is 1. The van der Waals surface area contributed by atoms with Crippen LogP contribution in [0.3, 0.4) is 0 Å². The standard InChI is InChI=1S/C14H15N3OS/c1-8-3-5-10(6-4-8)13-12-9(2)16-17-14(12)15-11(18)7-19-13/h3-6,13H,7H2,1-2H3,(H2,15,16,17,18)/t13-/m0/s1. The summed E-state index contributed by atoms with van der Waals surface area (Å²) in [4.78, 5) is 11.7. The highest BCUT2D eigenvalue weighted by atomic mass is 32.2. The van der Waals surface area contributed by atoms with Crippen molar-refractivity contribution in [1.29, 1.82) is 0 Å². The van der Waals surface area contributed by atoms with Gasteiger partial charge in [0.1, 0.15) is 0 Å². The summed E-state index contributed by atoms with van der Waals surface area (Å²) < 4.78 is 0. The maximum absolute atomic E-state index is 11.7. The van der Waals surface area contributed by atoms with Crippen LogP contribution in [-0.2, 0) is 4.79 Å². The number of carbonyl (C=O) groups is 1. The number of hydrogen-bond donors (Lipinski definition) is 2. The van der Waals surface area contributed by atoms with Gasteiger partial charge in [-0.3, -0.25) is 9.89 Å². The molecule has 0 unspecified atom stereocenters. The summed E-state index contributed by atoms with van der Waals surface area (Å²) in [6, 6.07) is 8.45. The first-order valence-electron chi connectivity index (χ1n) is 6.18. The van der Waals surface area contributed by atoms with E-state index in [1.165, 1.54) is 11.1 Å². The Labute approximate surface area is 116 Å². The van der Waals surface area contributed by atoms with Crippen molar-refractivity contribution in [2.24, 2.45) is 0 Å². The van der Waals surface area contributed by atoms with Gasteiger partial charge in [-0.1, -0.05) is 29.8 Å². The van der Waals surface area contributed by atoms with Crippen molar-refractivity contribution in [3.05, 3.63) is 46.6 Å². The van der Waals surface area contributed by atoms with Crippen LogP contribution >= 0.6 is 11.8 Å². The minimum absolute atomic E-state index is 0.00682. The van der Waals surface area contributed by atoms with Gasteiger partial charge in [0.2, 0.25) is 5.91 Å². The molecule has 2 N–H and O–H groups in total. The van der Waals surface area contributed by atoms with Crippen LogP contribution in [0.15, 0.2) is 24.3 Å². The van der Waals surface area contributed by atoms with Gasteiger partial charge in [0.15, 0.2) is 5.82 Å². The molecule has 2 aromatic rings. The van der Waals surface area contributed by atoms with E-state index in [0.29, 0.717) is 11.6 Å². The molecule has 1 aromatic heterocycles. The quantitative estimate of drug-likeness (QED) is 0.840. The molecule has 1 atom stereocenters. The summed E-state index contributed by atoms with van der Waals surface area (Å²) in [5, 5.41) is 10.1. The minimum Gasteiger partial charge on any atom is -0.308 e. The van der Waals surface area contributed by atoms with Crippen molar-refractivity contribution < 1.29 is 4.79 Å². The lowest BCUT2D eigenvalue weighted by molar-refractivity contribution is -0.113. The van der Waals surface area contributed by atoms with Crippen molar-refractivity contribution in [1.82, 2.24) is 10.2 Å². The molecule has 1 aliphatic heterocycles. The van der Waals surface area contributed by atoms with Gasteiger partial charge in [0.25, 0.3) is 0 Å². The molecule has 1 amide bonds. The fourth-order valence-corrected chi connectivity index (χ4v) is 3.46. The van der Waals surface area contributed by atoms with Crippen LogP contribution in [0.2, 0.25) is 0 Å². The molecule has 98 valence electrons. The number of rotatable bonds is 1. The second-order valence-electron chi connectivity index (χ2n) is 4.76. The Morgan fingerprint density at radius 1 is 1.26 bits per heavy atom. The van der Waals surface area contributed by atoms with E-state index < -0.39 is 0 Å². The maximum Gasteiger partial charge on any atom is 0.235 e. The van der Waals surface area contributed by atoms with E-state index in [2.05, 4.69) is 46.7 Å². The molecule has 2 heterocycles. The number of aromatic amines is 1. The summed E-state index contributed by atoms with van der Waals surface area (Å²) in [6.07, 6.45) is 0. The predicted octanol–water partition coefficient (Wildman–Crippen LogP) is 2.80. The highest BCUT2D eigenvalue weighted by Gasteiger charge is 2.27. The molecule has 5 heteroatoms. The summed E-state index contributed by atoms with van der Waals surface area (Å²) >= 11 is 1.64. The molecule has 0 radical (unpaired) electrons. The van der Waals surface area contributed by atoms with Crippen molar-refractivity contribution in [3.8, 4) is 0 Å². The Hall–Kier alpha value is -1.75. The molecule has 1 aromatic carbocycles. The molecule has 1 aliphatic rings. The lowest BCUT2D eigenvalue weighted by Gasteiger charge is -2.15. The Bertz CT molecular complexity index is 618. The average molecular weight is 273 g/mol. The fraction of sp³-hybridized carbons (Fsp3) is 0.286. The second-order valence-corrected chi connectivity index (χ2v) is 5.85. The first-order valence-corrected chi connectivity index (χ1v) is 7.23. The number of amides is 1. The number of hydrogen-bond acceptors (Lipinski definition) is 3. The van der Waals surface area contributed by atoms with Crippen LogP contribution < -0.4 is 5.32 Å². The number of aromatic nitrogens is 2. The predicted molar refractivity (Wildman–Crippen MR) is 77.4 cm³/mol. The molecule has 0 saturated carbocycles. The van der Waals surface area contributed by atoms with Gasteiger partial charge in [-0.2, -0.15) is 5.10 Å². The average Bonchev–Trinajstić information content (AvgIpc) is 2.65. The SMILES string of the molecule is Cc1ccc([C@@H]2SCC(=O)Nc3n[nH]c(C)c32)cc1. The summed E-state index contributed by atoms with van der Waals surface area (Å²) in [7, 11) is 0. The molecule has 0 fully saturated rings. The van der Waals surface area contributed by atoms with Gasteiger partial charge in [0, 0.05) is 11.3 Å². The number of fused-ring (bicyclic) bond motifs is 1. The van der Waals surface area contributed by atoms with Gasteiger partial charge in [-0.15, -0.1) is 11.8 Å². The lowest BCUT2D eigenvalue weighted by Crippen LogP contribution is -2.12. The van der Waals surface area contributed by atoms with Gasteiger partial charge in [-0.05, 0) is 19.4 Å². The van der Waals surface area contributed by atoms with E-state index >= 15 is 0 Å². The largest absolute Gasteiger partial charge is 0.308 e. The topological polar surface area (TPSA) is 57.8 Å². The number of aryl methyl sites for hydroxylation is 2. The normalized spacial score (nSPS) is 18.6. The molecule has 0 spiro atoms. The zero-order chi connectivity index (χ0) is 13.4. The third kappa shape index (κ3) is 2.26. The highest BCUT2D eigenvalue weighted by molar-refractivity contribution is 8.00. The zero-order valence-electron chi connectivity index (χ0n) is 10.9. The maximum atomic E-state index is 11.7. The van der Waals surface area contributed by atoms with Gasteiger partial charge in [-0.25, -0.2) is 0 Å². The van der Waals surface area contributed by atoms with Crippen molar-refractivity contribution in [2.75, 3.05) is 11.1 Å². The minimum atomic E-state index is 0.00682. The van der Waals surface area contributed by atoms with Crippen molar-refractivity contribution in [2.45, 2.75) is 19.1 Å². The van der Waals surface area contributed by atoms with Crippen molar-refractivity contribution >= 4 is 23.5 Å². The molecule has 19 heavy (non-hydrogen) atoms. The second kappa shape index (κ2) is 4.74. The first kappa shape index (κ1) is 12.3. The number of nitrogens with one attached hydrogen (secondary N) is 2. The van der Waals surface area contributed by atoms with Crippen LogP contribution in [0.1, 0.15) is 27.6 Å². The molecule has 0 bridgehead atoms. The summed E-state index contributed by atoms with van der Waals surface area (Å²) in [6.45, 7) is 4.06. The third-order valence-corrected chi connectivity index (χ3v) is 4.55. The summed E-state index contributed by atoms with van der Waals surface area (Å²) in [5.41, 5.74) is 4.54. The van der Waals surface area contributed by atoms with Gasteiger partial charge in [0.05, 0.1) is 11.0 Å². The molecule has 0 aliphatic carbocycles. The number of carbonyl (C=O) groups excluding carboxylic acids is 1. The van der Waals surface area contributed by atoms with Crippen LogP contribution in [0.4, 0.5) is 5.82 Å². The van der Waals surface area contributed by atoms with E-state index in [0.717, 1.165) is 11.3 Å². The molecule has 4 nitrogen and oxygen atoms in total. The van der Waals surface area contributed by atoms with Crippen LogP contribution in [0.25, 0.3) is 0 Å². The van der Waals surface area contributed by atoms with Crippen molar-refractivity contribution in [3.63, 3.8) is 0 Å². The van der Waals surface area contributed by atoms with E-state index in [4.69, 9.17) is 0 Å². The molecule has 0 saturated heterocycles. The first-order chi connectivity index (χ1) is 9.15. The van der Waals surface area contributed by atoms with Gasteiger partial charge >= 0.3 is 0 Å². The Morgan fingerprint density at radius 3 is 2.74 bits per heavy atom. The highest BCUT2D eigenvalue weighted by Crippen LogP contribution is 2.42. The Balaban J connectivity index is 2.08. The monoisotopic (exact) mass is 273 g/mol. The number of benzene rings is 1. The van der Waals surface area contributed by atoms with Gasteiger partial charge < -0.3 is 5.32 Å². The number of nitrogens with zero attached hydrogens (tertiary/aromatic N) is 1.